The van der Waals surface area contributed by atoms with Crippen LogP contribution in [-0.4, -0.2) is 0 Å². The zero-order valence-electron chi connectivity index (χ0n) is 11.6. The summed E-state index contributed by atoms with van der Waals surface area (Å²) in [6.45, 7) is 2.33. The fourth-order valence-electron chi connectivity index (χ4n) is 3.64. The Kier molecular flexibility index (Phi) is 3.79. The smallest absolute Gasteiger partial charge is 0.0477 e. The minimum absolute atomic E-state index is 0.0340. The third-order valence-electron chi connectivity index (χ3n) is 4.58. The van der Waals surface area contributed by atoms with Crippen LogP contribution in [-0.2, 0) is 23.6 Å². The van der Waals surface area contributed by atoms with Crippen molar-refractivity contribution in [3.05, 3.63) is 70.3 Å². The lowest BCUT2D eigenvalue weighted by Gasteiger charge is -2.30. The van der Waals surface area contributed by atoms with Gasteiger partial charge in [-0.25, -0.2) is 0 Å². The lowest BCUT2D eigenvalue weighted by Crippen LogP contribution is -2.23. The molecule has 0 nitrogen and oxygen atoms in total. The monoisotopic (exact) mass is 304 g/mol. The number of rotatable bonds is 3. The fraction of sp³-hybridized carbons (Fsp3) is 0.333. The highest BCUT2D eigenvalue weighted by molar-refractivity contribution is 6.17. The average molecular weight is 305 g/mol. The summed E-state index contributed by atoms with van der Waals surface area (Å²) in [6, 6.07) is 15.0. The molecule has 2 aromatic carbocycles. The Morgan fingerprint density at radius 1 is 0.950 bits per heavy atom. The van der Waals surface area contributed by atoms with Crippen LogP contribution < -0.4 is 0 Å². The second-order valence-electron chi connectivity index (χ2n) is 5.71. The van der Waals surface area contributed by atoms with Crippen molar-refractivity contribution in [2.45, 2.75) is 36.9 Å². The van der Waals surface area contributed by atoms with Crippen molar-refractivity contribution < 1.29 is 0 Å². The molecular weight excluding hydrogens is 287 g/mol. The molecule has 2 heteroatoms. The van der Waals surface area contributed by atoms with Gasteiger partial charge in [0.15, 0.2) is 0 Å². The van der Waals surface area contributed by atoms with Gasteiger partial charge in [-0.05, 0) is 40.7 Å². The summed E-state index contributed by atoms with van der Waals surface area (Å²) in [6.07, 6.45) is 2.25. The van der Waals surface area contributed by atoms with E-state index in [1.54, 1.807) is 0 Å². The van der Waals surface area contributed by atoms with Crippen LogP contribution in [0.1, 0.15) is 41.2 Å². The molecule has 0 aromatic heterocycles. The van der Waals surface area contributed by atoms with Crippen molar-refractivity contribution in [1.82, 2.24) is 0 Å². The van der Waals surface area contributed by atoms with Crippen molar-refractivity contribution in [2.75, 3.05) is 0 Å². The summed E-state index contributed by atoms with van der Waals surface area (Å²) in [7, 11) is 0. The molecule has 1 atom stereocenters. The van der Waals surface area contributed by atoms with E-state index < -0.39 is 0 Å². The Morgan fingerprint density at radius 2 is 1.65 bits per heavy atom. The van der Waals surface area contributed by atoms with Crippen LogP contribution in [0.2, 0.25) is 0 Å². The van der Waals surface area contributed by atoms with Crippen molar-refractivity contribution in [3.63, 3.8) is 0 Å². The average Bonchev–Trinajstić information content (AvgIpc) is 2.86. The van der Waals surface area contributed by atoms with Gasteiger partial charge in [0.1, 0.15) is 0 Å². The van der Waals surface area contributed by atoms with Crippen LogP contribution in [0.5, 0.6) is 0 Å². The summed E-state index contributed by atoms with van der Waals surface area (Å²) < 4.78 is 0. The van der Waals surface area contributed by atoms with Crippen molar-refractivity contribution >= 4 is 23.2 Å². The van der Waals surface area contributed by atoms with E-state index in [0.717, 1.165) is 12.8 Å². The van der Waals surface area contributed by atoms with Crippen molar-refractivity contribution in [2.24, 2.45) is 0 Å². The van der Waals surface area contributed by atoms with Crippen LogP contribution >= 0.6 is 23.2 Å². The zero-order chi connectivity index (χ0) is 14.2. The predicted molar refractivity (Wildman–Crippen MR) is 86.8 cm³/mol. The normalized spacial score (nSPS) is 20.9. The van der Waals surface area contributed by atoms with E-state index in [4.69, 9.17) is 23.2 Å². The van der Waals surface area contributed by atoms with Gasteiger partial charge >= 0.3 is 0 Å². The summed E-state index contributed by atoms with van der Waals surface area (Å²) in [5.41, 5.74) is 6.74. The van der Waals surface area contributed by atoms with Crippen LogP contribution in [0.4, 0.5) is 0 Å². The maximum atomic E-state index is 6.17. The highest BCUT2D eigenvalue weighted by atomic mass is 35.5. The minimum atomic E-state index is 0.0340. The molecule has 0 radical (unpaired) electrons. The molecule has 1 aliphatic rings. The van der Waals surface area contributed by atoms with Gasteiger partial charge in [0, 0.05) is 17.2 Å². The Balaban J connectivity index is 2.22. The molecule has 0 saturated heterocycles. The van der Waals surface area contributed by atoms with Gasteiger partial charge in [0.05, 0.1) is 0 Å². The van der Waals surface area contributed by atoms with E-state index in [9.17, 15) is 0 Å². The van der Waals surface area contributed by atoms with Crippen molar-refractivity contribution in [1.29, 1.82) is 0 Å². The number of aryl methyl sites for hydroxylation is 1. The fourth-order valence-corrected chi connectivity index (χ4v) is 4.09. The van der Waals surface area contributed by atoms with E-state index in [1.165, 1.54) is 27.8 Å². The van der Waals surface area contributed by atoms with Crippen LogP contribution in [0.25, 0.3) is 0 Å². The Labute approximate surface area is 130 Å². The molecule has 0 N–H and O–H groups in total. The summed E-state index contributed by atoms with van der Waals surface area (Å²) in [4.78, 5) is 0. The van der Waals surface area contributed by atoms with Crippen LogP contribution in [0.3, 0.4) is 0 Å². The van der Waals surface area contributed by atoms with Gasteiger partial charge in [0.2, 0.25) is 0 Å². The van der Waals surface area contributed by atoms with E-state index in [0.29, 0.717) is 11.8 Å². The van der Waals surface area contributed by atoms with E-state index in [2.05, 4.69) is 49.4 Å². The van der Waals surface area contributed by atoms with Gasteiger partial charge in [0.25, 0.3) is 0 Å². The molecule has 0 bridgehead atoms. The van der Waals surface area contributed by atoms with E-state index in [1.807, 2.05) is 0 Å². The molecule has 0 heterocycles. The second kappa shape index (κ2) is 5.42. The summed E-state index contributed by atoms with van der Waals surface area (Å²) >= 11 is 12.3. The number of hydrogen-bond donors (Lipinski definition) is 0. The first kappa shape index (κ1) is 14.0. The number of hydrogen-bond acceptors (Lipinski definition) is 0. The predicted octanol–water partition coefficient (Wildman–Crippen LogP) is 5.42. The lowest BCUT2D eigenvalue weighted by atomic mass is 9.74. The van der Waals surface area contributed by atoms with E-state index in [-0.39, 0.29) is 5.41 Å². The van der Waals surface area contributed by atoms with Crippen molar-refractivity contribution in [3.8, 4) is 0 Å². The highest BCUT2D eigenvalue weighted by Gasteiger charge is 2.38. The van der Waals surface area contributed by atoms with Gasteiger partial charge in [-0.2, -0.15) is 0 Å². The van der Waals surface area contributed by atoms with Gasteiger partial charge in [-0.1, -0.05) is 49.4 Å². The molecule has 0 unspecified atom stereocenters. The zero-order valence-corrected chi connectivity index (χ0v) is 13.1. The summed E-state index contributed by atoms with van der Waals surface area (Å²) in [5, 5.41) is 0. The summed E-state index contributed by atoms with van der Waals surface area (Å²) in [5.74, 6) is 1.13. The van der Waals surface area contributed by atoms with Gasteiger partial charge in [-0.3, -0.25) is 0 Å². The maximum absolute atomic E-state index is 6.17. The molecule has 20 heavy (non-hydrogen) atoms. The molecule has 0 fully saturated rings. The maximum Gasteiger partial charge on any atom is 0.0477 e. The van der Waals surface area contributed by atoms with Crippen LogP contribution in [0.15, 0.2) is 42.5 Å². The number of benzene rings is 2. The Bertz CT molecular complexity index is 633. The number of alkyl halides is 2. The Hall–Kier alpha value is -0.980. The van der Waals surface area contributed by atoms with Gasteiger partial charge < -0.3 is 0 Å². The third kappa shape index (κ3) is 2.06. The number of fused-ring (bicyclic) bond motifs is 1. The lowest BCUT2D eigenvalue weighted by molar-refractivity contribution is 0.559. The molecule has 1 aliphatic carbocycles. The molecule has 0 saturated carbocycles. The highest BCUT2D eigenvalue weighted by Crippen LogP contribution is 2.47. The third-order valence-corrected chi connectivity index (χ3v) is 5.16. The van der Waals surface area contributed by atoms with Crippen LogP contribution in [0, 0.1) is 0 Å². The standard InChI is InChI=1S/C18H18Cl2/c1-18(16-8-3-2-5-14(16)11-19)10-9-13-6-4-7-15(12-20)17(13)18/h2-8H,9-12H2,1H3/t18-/m1/s1. The first-order valence-corrected chi connectivity index (χ1v) is 8.09. The Morgan fingerprint density at radius 3 is 2.40 bits per heavy atom. The second-order valence-corrected chi connectivity index (χ2v) is 6.24. The quantitative estimate of drug-likeness (QED) is 0.665. The first-order valence-electron chi connectivity index (χ1n) is 7.02. The van der Waals surface area contributed by atoms with E-state index >= 15 is 0 Å². The molecule has 3 rings (SSSR count). The molecule has 0 spiro atoms. The molecular formula is C18H18Cl2. The topological polar surface area (TPSA) is 0 Å². The minimum Gasteiger partial charge on any atom is -0.122 e. The first-order chi connectivity index (χ1) is 9.70. The van der Waals surface area contributed by atoms with Gasteiger partial charge in [-0.15, -0.1) is 23.2 Å². The molecule has 2 aromatic rings. The largest absolute Gasteiger partial charge is 0.122 e. The number of halogens is 2. The molecule has 0 amide bonds. The molecule has 104 valence electrons. The SMILES string of the molecule is C[C@]1(c2ccccc2CCl)CCc2cccc(CCl)c21. The molecule has 0 aliphatic heterocycles.